The fourth-order valence-corrected chi connectivity index (χ4v) is 3.25. The molecule has 138 valence electrons. The average Bonchev–Trinajstić information content (AvgIpc) is 3.10. The Hall–Kier alpha value is -3.55. The molecule has 27 heavy (non-hydrogen) atoms. The van der Waals surface area contributed by atoms with Crippen molar-refractivity contribution in [3.63, 3.8) is 0 Å². The lowest BCUT2D eigenvalue weighted by Gasteiger charge is -2.21. The molecule has 0 spiro atoms. The minimum Gasteiger partial charge on any atom is -0.339 e. The van der Waals surface area contributed by atoms with Gasteiger partial charge in [0.2, 0.25) is 0 Å². The first-order chi connectivity index (χ1) is 13.2. The van der Waals surface area contributed by atoms with Gasteiger partial charge in [0.25, 0.3) is 5.91 Å². The largest absolute Gasteiger partial charge is 0.339 e. The van der Waals surface area contributed by atoms with Crippen LogP contribution in [0.1, 0.15) is 41.2 Å². The second kappa shape index (κ2) is 8.70. The summed E-state index contributed by atoms with van der Waals surface area (Å²) in [6.07, 6.45) is 6.07. The number of likely N-dealkylation sites (tertiary alicyclic amines) is 1. The molecule has 0 N–H and O–H groups in total. The predicted octanol–water partition coefficient (Wildman–Crippen LogP) is 3.90. The maximum absolute atomic E-state index is 13.0. The van der Waals surface area contributed by atoms with E-state index in [9.17, 15) is 4.79 Å². The molecule has 0 radical (unpaired) electrons. The number of carbonyl (C=O) groups excluding carboxylic acids is 1. The molecular formula is C16H18N10O. The SMILES string of the molecule is [N-]=[N+]=NCc1cc(N=[N+]=[N-])cc(C(=O)N2CCCC(n3ccnn3)CC2)c1. The van der Waals surface area contributed by atoms with Crippen LogP contribution in [-0.2, 0) is 6.54 Å². The zero-order valence-electron chi connectivity index (χ0n) is 14.6. The Balaban J connectivity index is 1.78. The van der Waals surface area contributed by atoms with Crippen molar-refractivity contribution in [3.05, 3.63) is 62.6 Å². The lowest BCUT2D eigenvalue weighted by molar-refractivity contribution is 0.0760. The van der Waals surface area contributed by atoms with Gasteiger partial charge in [-0.1, -0.05) is 15.4 Å². The van der Waals surface area contributed by atoms with Gasteiger partial charge in [-0.25, -0.2) is 4.68 Å². The molecule has 1 atom stereocenters. The third-order valence-corrected chi connectivity index (χ3v) is 4.50. The first-order valence-electron chi connectivity index (χ1n) is 8.56. The summed E-state index contributed by atoms with van der Waals surface area (Å²) in [6.45, 7) is 1.32. The molecule has 1 amide bonds. The summed E-state index contributed by atoms with van der Waals surface area (Å²) >= 11 is 0. The number of hydrogen-bond donors (Lipinski definition) is 0. The molecule has 1 saturated heterocycles. The summed E-state index contributed by atoms with van der Waals surface area (Å²) in [4.78, 5) is 20.3. The highest BCUT2D eigenvalue weighted by Crippen LogP contribution is 2.24. The number of aromatic nitrogens is 3. The van der Waals surface area contributed by atoms with Crippen molar-refractivity contribution < 1.29 is 4.79 Å². The summed E-state index contributed by atoms with van der Waals surface area (Å²) in [5, 5.41) is 15.0. The van der Waals surface area contributed by atoms with Crippen molar-refractivity contribution in [1.29, 1.82) is 0 Å². The van der Waals surface area contributed by atoms with Crippen LogP contribution in [0.2, 0.25) is 0 Å². The number of nitrogens with zero attached hydrogens (tertiary/aromatic N) is 10. The number of carbonyl (C=O) groups is 1. The van der Waals surface area contributed by atoms with E-state index in [1.165, 1.54) is 0 Å². The summed E-state index contributed by atoms with van der Waals surface area (Å²) in [7, 11) is 0. The van der Waals surface area contributed by atoms with E-state index in [0.717, 1.165) is 19.3 Å². The normalized spacial score (nSPS) is 16.7. The molecule has 11 nitrogen and oxygen atoms in total. The maximum Gasteiger partial charge on any atom is 0.253 e. The van der Waals surface area contributed by atoms with Gasteiger partial charge in [-0.3, -0.25) is 4.79 Å². The van der Waals surface area contributed by atoms with Crippen molar-refractivity contribution in [2.24, 2.45) is 10.2 Å². The summed E-state index contributed by atoms with van der Waals surface area (Å²) in [5.74, 6) is -0.133. The van der Waals surface area contributed by atoms with Gasteiger partial charge >= 0.3 is 0 Å². The zero-order chi connectivity index (χ0) is 19.1. The topological polar surface area (TPSA) is 149 Å². The maximum atomic E-state index is 13.0. The van der Waals surface area contributed by atoms with E-state index in [-0.39, 0.29) is 18.5 Å². The molecule has 1 aromatic heterocycles. The lowest BCUT2D eigenvalue weighted by atomic mass is 10.1. The Kier molecular flexibility index (Phi) is 5.88. The van der Waals surface area contributed by atoms with Gasteiger partial charge in [-0.15, -0.1) is 5.10 Å². The number of benzene rings is 1. The van der Waals surface area contributed by atoms with Crippen LogP contribution in [0.15, 0.2) is 40.8 Å². The molecular weight excluding hydrogens is 348 g/mol. The minimum atomic E-state index is -0.133. The molecule has 1 unspecified atom stereocenters. The second-order valence-electron chi connectivity index (χ2n) is 6.23. The third kappa shape index (κ3) is 4.55. The van der Waals surface area contributed by atoms with Crippen molar-refractivity contribution in [1.82, 2.24) is 19.9 Å². The van der Waals surface area contributed by atoms with Crippen molar-refractivity contribution in [2.45, 2.75) is 31.8 Å². The van der Waals surface area contributed by atoms with Crippen molar-refractivity contribution >= 4 is 11.6 Å². The van der Waals surface area contributed by atoms with Gasteiger partial charge in [0.1, 0.15) is 0 Å². The molecule has 0 bridgehead atoms. The summed E-state index contributed by atoms with van der Waals surface area (Å²) < 4.78 is 1.84. The fraction of sp³-hybridized carbons (Fsp3) is 0.438. The van der Waals surface area contributed by atoms with E-state index in [1.807, 2.05) is 10.9 Å². The van der Waals surface area contributed by atoms with E-state index in [4.69, 9.17) is 11.1 Å². The van der Waals surface area contributed by atoms with Crippen LogP contribution in [0.3, 0.4) is 0 Å². The van der Waals surface area contributed by atoms with Crippen LogP contribution in [0.4, 0.5) is 5.69 Å². The standard InChI is InChI=1S/C16H18N10O/c17-22-20-11-12-8-13(10-14(9-12)21-23-18)16(27)25-5-1-2-15(3-6-25)26-7-4-19-24-26/h4,7-10,15H,1-3,5-6,11H2. The molecule has 2 aromatic rings. The van der Waals surface area contributed by atoms with Gasteiger partial charge in [-0.2, -0.15) is 0 Å². The Bertz CT molecular complexity index is 896. The molecule has 1 aromatic carbocycles. The quantitative estimate of drug-likeness (QED) is 0.448. The Morgan fingerprint density at radius 1 is 1.22 bits per heavy atom. The van der Waals surface area contributed by atoms with Gasteiger partial charge in [0, 0.05) is 40.4 Å². The van der Waals surface area contributed by atoms with Crippen molar-refractivity contribution in [2.75, 3.05) is 13.1 Å². The van der Waals surface area contributed by atoms with E-state index in [1.54, 1.807) is 29.3 Å². The number of hydrogen-bond acceptors (Lipinski definition) is 5. The zero-order valence-corrected chi connectivity index (χ0v) is 14.6. The van der Waals surface area contributed by atoms with Crippen LogP contribution >= 0.6 is 0 Å². The Morgan fingerprint density at radius 2 is 2.11 bits per heavy atom. The minimum absolute atomic E-state index is 0.0833. The number of amides is 1. The van der Waals surface area contributed by atoms with Crippen molar-refractivity contribution in [3.8, 4) is 0 Å². The monoisotopic (exact) mass is 366 g/mol. The molecule has 0 aliphatic carbocycles. The molecule has 2 heterocycles. The third-order valence-electron chi connectivity index (χ3n) is 4.50. The highest BCUT2D eigenvalue weighted by atomic mass is 16.2. The van der Waals surface area contributed by atoms with Crippen LogP contribution in [0.25, 0.3) is 20.9 Å². The van der Waals surface area contributed by atoms with Crippen LogP contribution in [0, 0.1) is 0 Å². The Morgan fingerprint density at radius 3 is 2.85 bits per heavy atom. The highest BCUT2D eigenvalue weighted by molar-refractivity contribution is 5.95. The lowest BCUT2D eigenvalue weighted by Crippen LogP contribution is -2.32. The van der Waals surface area contributed by atoms with Gasteiger partial charge in [0.05, 0.1) is 18.8 Å². The molecule has 0 saturated carbocycles. The first kappa shape index (κ1) is 18.2. The molecule has 3 rings (SSSR count). The van der Waals surface area contributed by atoms with Gasteiger partial charge in [-0.05, 0) is 54.1 Å². The predicted molar refractivity (Wildman–Crippen MR) is 96.9 cm³/mol. The van der Waals surface area contributed by atoms with E-state index in [0.29, 0.717) is 29.9 Å². The van der Waals surface area contributed by atoms with Gasteiger partial charge in [0.15, 0.2) is 0 Å². The smallest absolute Gasteiger partial charge is 0.253 e. The second-order valence-corrected chi connectivity index (χ2v) is 6.23. The number of rotatable bonds is 5. The van der Waals surface area contributed by atoms with Gasteiger partial charge < -0.3 is 4.90 Å². The fourth-order valence-electron chi connectivity index (χ4n) is 3.25. The molecule has 1 aliphatic rings. The summed E-state index contributed by atoms with van der Waals surface area (Å²) in [6, 6.07) is 5.06. The van der Waals surface area contributed by atoms with Crippen LogP contribution < -0.4 is 0 Å². The summed E-state index contributed by atoms with van der Waals surface area (Å²) in [5.41, 5.74) is 18.6. The van der Waals surface area contributed by atoms with Crippen LogP contribution in [0.5, 0.6) is 0 Å². The molecule has 11 heteroatoms. The van der Waals surface area contributed by atoms with E-state index >= 15 is 0 Å². The first-order valence-corrected chi connectivity index (χ1v) is 8.56. The average molecular weight is 366 g/mol. The molecule has 1 fully saturated rings. The Labute approximate surface area is 154 Å². The molecule has 1 aliphatic heterocycles. The van der Waals surface area contributed by atoms with Crippen LogP contribution in [-0.4, -0.2) is 38.9 Å². The van der Waals surface area contributed by atoms with E-state index < -0.39 is 0 Å². The number of azide groups is 2. The highest BCUT2D eigenvalue weighted by Gasteiger charge is 2.23. The van der Waals surface area contributed by atoms with E-state index in [2.05, 4.69) is 30.4 Å².